The van der Waals surface area contributed by atoms with Crippen molar-refractivity contribution in [3.05, 3.63) is 29.2 Å². The number of rotatable bonds is 2. The van der Waals surface area contributed by atoms with Crippen LogP contribution in [0.1, 0.15) is 23.1 Å². The summed E-state index contributed by atoms with van der Waals surface area (Å²) in [6.45, 7) is 0. The van der Waals surface area contributed by atoms with E-state index >= 15 is 0 Å². The van der Waals surface area contributed by atoms with Gasteiger partial charge < -0.3 is 5.11 Å². The van der Waals surface area contributed by atoms with E-state index in [1.54, 1.807) is 0 Å². The first kappa shape index (κ1) is 11.1. The van der Waals surface area contributed by atoms with Crippen LogP contribution in [0.4, 0.5) is 8.78 Å². The fourth-order valence-electron chi connectivity index (χ4n) is 1.51. The number of halogens is 2. The molecule has 1 aromatic heterocycles. The zero-order chi connectivity index (χ0) is 11.7. The van der Waals surface area contributed by atoms with Crippen LogP contribution in [-0.4, -0.2) is 25.7 Å². The molecule has 0 radical (unpaired) electrons. The standard InChI is InChI=1S/C9H8F2N2O2S/c10-7(11)3-6-9-8(12-1-2-13-9)5(14)4-16(6)15/h1-2,4,6-7,14H,3H2. The van der Waals surface area contributed by atoms with Crippen molar-refractivity contribution in [3.8, 4) is 0 Å². The van der Waals surface area contributed by atoms with Crippen molar-refractivity contribution in [2.75, 3.05) is 0 Å². The predicted octanol–water partition coefficient (Wildman–Crippen LogP) is 1.79. The minimum Gasteiger partial charge on any atom is -0.505 e. The molecule has 4 nitrogen and oxygen atoms in total. The van der Waals surface area contributed by atoms with Crippen LogP contribution in [0.25, 0.3) is 5.76 Å². The summed E-state index contributed by atoms with van der Waals surface area (Å²) in [6, 6.07) is 0. The van der Waals surface area contributed by atoms with Crippen LogP contribution in [0.2, 0.25) is 0 Å². The highest BCUT2D eigenvalue weighted by Crippen LogP contribution is 2.34. The monoisotopic (exact) mass is 246 g/mol. The molecule has 0 aliphatic carbocycles. The van der Waals surface area contributed by atoms with Crippen molar-refractivity contribution in [1.82, 2.24) is 9.97 Å². The molecular formula is C9H8F2N2O2S. The summed E-state index contributed by atoms with van der Waals surface area (Å²) in [4.78, 5) is 7.70. The molecule has 2 heterocycles. The highest BCUT2D eigenvalue weighted by Gasteiger charge is 2.31. The van der Waals surface area contributed by atoms with Crippen LogP contribution >= 0.6 is 0 Å². The van der Waals surface area contributed by atoms with Gasteiger partial charge in [0.05, 0.1) is 21.7 Å². The van der Waals surface area contributed by atoms with E-state index in [9.17, 15) is 18.1 Å². The molecule has 7 heteroatoms. The molecule has 0 fully saturated rings. The third-order valence-corrected chi connectivity index (χ3v) is 3.61. The number of alkyl halides is 2. The largest absolute Gasteiger partial charge is 0.505 e. The molecule has 0 spiro atoms. The Kier molecular flexibility index (Phi) is 2.95. The zero-order valence-electron chi connectivity index (χ0n) is 8.01. The summed E-state index contributed by atoms with van der Waals surface area (Å²) < 4.78 is 36.2. The lowest BCUT2D eigenvalue weighted by atomic mass is 10.1. The van der Waals surface area contributed by atoms with E-state index in [0.29, 0.717) is 0 Å². The Morgan fingerprint density at radius 3 is 2.81 bits per heavy atom. The highest BCUT2D eigenvalue weighted by molar-refractivity contribution is 7.88. The maximum Gasteiger partial charge on any atom is 0.240 e. The summed E-state index contributed by atoms with van der Waals surface area (Å²) in [7, 11) is -1.68. The molecule has 0 saturated heterocycles. The molecule has 1 aliphatic rings. The topological polar surface area (TPSA) is 63.1 Å². The van der Waals surface area contributed by atoms with Crippen LogP contribution in [-0.2, 0) is 10.8 Å². The number of aromatic nitrogens is 2. The Morgan fingerprint density at radius 1 is 1.44 bits per heavy atom. The van der Waals surface area contributed by atoms with Gasteiger partial charge in [-0.05, 0) is 0 Å². The van der Waals surface area contributed by atoms with Crippen LogP contribution in [0.5, 0.6) is 0 Å². The molecule has 2 unspecified atom stereocenters. The number of hydrogen-bond donors (Lipinski definition) is 1. The van der Waals surface area contributed by atoms with Gasteiger partial charge in [0.1, 0.15) is 5.69 Å². The van der Waals surface area contributed by atoms with Gasteiger partial charge >= 0.3 is 0 Å². The second-order valence-electron chi connectivity index (χ2n) is 3.24. The first-order valence-corrected chi connectivity index (χ1v) is 5.77. The lowest BCUT2D eigenvalue weighted by Crippen LogP contribution is -2.17. The maximum atomic E-state index is 12.3. The van der Waals surface area contributed by atoms with Crippen molar-refractivity contribution in [2.45, 2.75) is 18.1 Å². The van der Waals surface area contributed by atoms with Gasteiger partial charge in [-0.15, -0.1) is 0 Å². The molecule has 1 N–H and O–H groups in total. The van der Waals surface area contributed by atoms with Gasteiger partial charge in [-0.2, -0.15) is 0 Å². The first-order chi connectivity index (χ1) is 7.59. The lowest BCUT2D eigenvalue weighted by molar-refractivity contribution is 0.136. The van der Waals surface area contributed by atoms with E-state index in [2.05, 4.69) is 9.97 Å². The molecule has 2 rings (SSSR count). The third kappa shape index (κ3) is 1.95. The van der Waals surface area contributed by atoms with Crippen LogP contribution in [0.15, 0.2) is 17.8 Å². The van der Waals surface area contributed by atoms with Gasteiger partial charge in [0.2, 0.25) is 6.43 Å². The number of fused-ring (bicyclic) bond motifs is 1. The predicted molar refractivity (Wildman–Crippen MR) is 54.1 cm³/mol. The van der Waals surface area contributed by atoms with Crippen molar-refractivity contribution in [2.24, 2.45) is 0 Å². The van der Waals surface area contributed by atoms with Crippen molar-refractivity contribution in [1.29, 1.82) is 0 Å². The normalized spacial score (nSPS) is 24.1. The molecule has 0 aromatic carbocycles. The summed E-state index contributed by atoms with van der Waals surface area (Å²) in [6.07, 6.45) is -0.455. The van der Waals surface area contributed by atoms with Crippen LogP contribution in [0, 0.1) is 0 Å². The third-order valence-electron chi connectivity index (χ3n) is 2.17. The lowest BCUT2D eigenvalue weighted by Gasteiger charge is -2.20. The number of hydrogen-bond acceptors (Lipinski definition) is 4. The Bertz CT molecular complexity index is 465. The van der Waals surface area contributed by atoms with E-state index in [-0.39, 0.29) is 17.1 Å². The quantitative estimate of drug-likeness (QED) is 0.864. The van der Waals surface area contributed by atoms with E-state index in [1.165, 1.54) is 12.4 Å². The van der Waals surface area contributed by atoms with Gasteiger partial charge in [-0.1, -0.05) is 0 Å². The van der Waals surface area contributed by atoms with E-state index in [4.69, 9.17) is 0 Å². The number of nitrogens with zero attached hydrogens (tertiary/aromatic N) is 2. The van der Waals surface area contributed by atoms with E-state index in [1.807, 2.05) is 0 Å². The Hall–Kier alpha value is -1.37. The molecular weight excluding hydrogens is 238 g/mol. The Morgan fingerprint density at radius 2 is 2.12 bits per heavy atom. The fraction of sp³-hybridized carbons (Fsp3) is 0.333. The smallest absolute Gasteiger partial charge is 0.240 e. The molecule has 0 bridgehead atoms. The summed E-state index contributed by atoms with van der Waals surface area (Å²) >= 11 is 0. The number of aliphatic hydroxyl groups is 1. The van der Waals surface area contributed by atoms with Crippen molar-refractivity contribution >= 4 is 16.6 Å². The van der Waals surface area contributed by atoms with Gasteiger partial charge in [0.15, 0.2) is 5.76 Å². The molecule has 0 saturated carbocycles. The van der Waals surface area contributed by atoms with E-state index in [0.717, 1.165) is 5.41 Å². The van der Waals surface area contributed by atoms with E-state index < -0.39 is 28.9 Å². The average molecular weight is 246 g/mol. The summed E-state index contributed by atoms with van der Waals surface area (Å²) in [5.74, 6) is -0.271. The fourth-order valence-corrected chi connectivity index (χ4v) is 2.73. The first-order valence-electron chi connectivity index (χ1n) is 4.49. The average Bonchev–Trinajstić information content (AvgIpc) is 2.24. The molecule has 86 valence electrons. The minimum absolute atomic E-state index is 0.132. The Labute approximate surface area is 92.5 Å². The summed E-state index contributed by atoms with van der Waals surface area (Å²) in [5.41, 5.74) is 0.300. The minimum atomic E-state index is -2.57. The molecule has 16 heavy (non-hydrogen) atoms. The second kappa shape index (κ2) is 4.25. The molecule has 0 amide bonds. The van der Waals surface area contributed by atoms with Crippen LogP contribution < -0.4 is 0 Å². The van der Waals surface area contributed by atoms with Gasteiger partial charge in [0.25, 0.3) is 0 Å². The van der Waals surface area contributed by atoms with Crippen LogP contribution in [0.3, 0.4) is 0 Å². The summed E-state index contributed by atoms with van der Waals surface area (Å²) in [5, 5.41) is 9.59. The molecule has 2 atom stereocenters. The van der Waals surface area contributed by atoms with Crippen molar-refractivity contribution in [3.63, 3.8) is 0 Å². The van der Waals surface area contributed by atoms with Gasteiger partial charge in [-0.25, -0.2) is 13.8 Å². The second-order valence-corrected chi connectivity index (χ2v) is 4.70. The number of aliphatic hydroxyl groups excluding tert-OH is 1. The SMILES string of the molecule is O=S1C=C(O)c2nccnc2C1CC(F)F. The Balaban J connectivity index is 2.45. The molecule has 1 aliphatic heterocycles. The maximum absolute atomic E-state index is 12.3. The van der Waals surface area contributed by atoms with Gasteiger partial charge in [-0.3, -0.25) is 9.19 Å². The van der Waals surface area contributed by atoms with Crippen molar-refractivity contribution < 1.29 is 18.1 Å². The molecule has 1 aromatic rings. The van der Waals surface area contributed by atoms with Gasteiger partial charge in [0, 0.05) is 24.2 Å². The highest BCUT2D eigenvalue weighted by atomic mass is 32.2. The zero-order valence-corrected chi connectivity index (χ0v) is 8.82.